The van der Waals surface area contributed by atoms with Gasteiger partial charge < -0.3 is 10.1 Å². The minimum Gasteiger partial charge on any atom is -0.378 e. The van der Waals surface area contributed by atoms with E-state index in [2.05, 4.69) is 19.2 Å². The average molecular weight is 253 g/mol. The van der Waals surface area contributed by atoms with Crippen molar-refractivity contribution in [2.24, 2.45) is 11.8 Å². The van der Waals surface area contributed by atoms with Gasteiger partial charge in [0.05, 0.1) is 6.10 Å². The zero-order chi connectivity index (χ0) is 12.8. The summed E-state index contributed by atoms with van der Waals surface area (Å²) in [4.78, 5) is 0. The van der Waals surface area contributed by atoms with E-state index in [-0.39, 0.29) is 0 Å². The summed E-state index contributed by atoms with van der Waals surface area (Å²) in [5.41, 5.74) is 0. The first kappa shape index (κ1) is 14.3. The normalized spacial score (nSPS) is 33.2. The summed E-state index contributed by atoms with van der Waals surface area (Å²) in [5, 5.41) is 3.82. The predicted molar refractivity (Wildman–Crippen MR) is 76.8 cm³/mol. The zero-order valence-electron chi connectivity index (χ0n) is 12.3. The van der Waals surface area contributed by atoms with Crippen LogP contribution in [0.15, 0.2) is 0 Å². The second-order valence-electron chi connectivity index (χ2n) is 6.53. The van der Waals surface area contributed by atoms with Crippen LogP contribution in [-0.4, -0.2) is 25.3 Å². The molecule has 0 amide bonds. The highest BCUT2D eigenvalue weighted by Gasteiger charge is 2.26. The molecule has 1 aliphatic heterocycles. The molecule has 0 bridgehead atoms. The van der Waals surface area contributed by atoms with Gasteiger partial charge in [0.15, 0.2) is 0 Å². The standard InChI is InChI=1S/C16H31NO/c1-13(2)15-9-3-4-10-16(15)17-11-5-7-14-8-6-12-18-14/h13-17H,3-12H2,1-2H3. The van der Waals surface area contributed by atoms with Crippen molar-refractivity contribution in [3.8, 4) is 0 Å². The molecule has 2 fully saturated rings. The Bertz CT molecular complexity index is 223. The van der Waals surface area contributed by atoms with Crippen LogP contribution in [0.5, 0.6) is 0 Å². The van der Waals surface area contributed by atoms with Gasteiger partial charge in [-0.3, -0.25) is 0 Å². The molecule has 2 heteroatoms. The molecule has 106 valence electrons. The van der Waals surface area contributed by atoms with Crippen LogP contribution in [0.3, 0.4) is 0 Å². The molecular weight excluding hydrogens is 222 g/mol. The molecular formula is C16H31NO. The van der Waals surface area contributed by atoms with Crippen molar-refractivity contribution in [3.63, 3.8) is 0 Å². The van der Waals surface area contributed by atoms with E-state index in [1.807, 2.05) is 0 Å². The lowest BCUT2D eigenvalue weighted by atomic mass is 9.78. The van der Waals surface area contributed by atoms with Crippen LogP contribution in [0.25, 0.3) is 0 Å². The Kier molecular flexibility index (Phi) is 5.97. The Morgan fingerprint density at radius 2 is 1.94 bits per heavy atom. The Balaban J connectivity index is 1.61. The third kappa shape index (κ3) is 4.24. The van der Waals surface area contributed by atoms with Crippen LogP contribution in [0, 0.1) is 11.8 Å². The number of rotatable bonds is 6. The van der Waals surface area contributed by atoms with Crippen LogP contribution in [0.2, 0.25) is 0 Å². The van der Waals surface area contributed by atoms with Crippen molar-refractivity contribution in [2.75, 3.05) is 13.2 Å². The molecule has 1 aliphatic carbocycles. The number of nitrogens with one attached hydrogen (secondary N) is 1. The lowest BCUT2D eigenvalue weighted by Gasteiger charge is -2.35. The van der Waals surface area contributed by atoms with Crippen molar-refractivity contribution >= 4 is 0 Å². The average Bonchev–Trinajstić information content (AvgIpc) is 2.88. The summed E-state index contributed by atoms with van der Waals surface area (Å²) in [6.45, 7) is 6.96. The van der Waals surface area contributed by atoms with E-state index in [4.69, 9.17) is 4.74 Å². The number of ether oxygens (including phenoxy) is 1. The Morgan fingerprint density at radius 3 is 2.67 bits per heavy atom. The molecule has 1 saturated heterocycles. The molecule has 0 radical (unpaired) electrons. The maximum Gasteiger partial charge on any atom is 0.0576 e. The van der Waals surface area contributed by atoms with E-state index in [0.29, 0.717) is 6.10 Å². The maximum atomic E-state index is 5.68. The van der Waals surface area contributed by atoms with Gasteiger partial charge in [-0.1, -0.05) is 26.7 Å². The van der Waals surface area contributed by atoms with Gasteiger partial charge in [0.25, 0.3) is 0 Å². The van der Waals surface area contributed by atoms with Gasteiger partial charge in [-0.05, 0) is 56.9 Å². The molecule has 0 aromatic rings. The summed E-state index contributed by atoms with van der Waals surface area (Å²) in [6, 6.07) is 0.781. The van der Waals surface area contributed by atoms with Crippen molar-refractivity contribution in [1.29, 1.82) is 0 Å². The van der Waals surface area contributed by atoms with Gasteiger partial charge in [0.1, 0.15) is 0 Å². The number of hydrogen-bond donors (Lipinski definition) is 1. The number of hydrogen-bond acceptors (Lipinski definition) is 2. The van der Waals surface area contributed by atoms with Gasteiger partial charge in [-0.25, -0.2) is 0 Å². The molecule has 1 N–H and O–H groups in total. The molecule has 2 nitrogen and oxygen atoms in total. The fourth-order valence-electron chi connectivity index (χ4n) is 3.70. The molecule has 3 atom stereocenters. The minimum absolute atomic E-state index is 0.569. The molecule has 0 aromatic heterocycles. The van der Waals surface area contributed by atoms with Crippen molar-refractivity contribution in [1.82, 2.24) is 5.32 Å². The van der Waals surface area contributed by atoms with E-state index in [9.17, 15) is 0 Å². The molecule has 2 rings (SSSR count). The third-order valence-electron chi connectivity index (χ3n) is 4.81. The lowest BCUT2D eigenvalue weighted by Crippen LogP contribution is -2.41. The summed E-state index contributed by atoms with van der Waals surface area (Å²) in [7, 11) is 0. The van der Waals surface area contributed by atoms with E-state index >= 15 is 0 Å². The first-order chi connectivity index (χ1) is 8.77. The van der Waals surface area contributed by atoms with Gasteiger partial charge >= 0.3 is 0 Å². The predicted octanol–water partition coefficient (Wildman–Crippen LogP) is 3.75. The van der Waals surface area contributed by atoms with Crippen molar-refractivity contribution in [2.45, 2.75) is 77.4 Å². The van der Waals surface area contributed by atoms with E-state index < -0.39 is 0 Å². The van der Waals surface area contributed by atoms with Gasteiger partial charge in [-0.2, -0.15) is 0 Å². The molecule has 1 saturated carbocycles. The Morgan fingerprint density at radius 1 is 1.11 bits per heavy atom. The summed E-state index contributed by atoms with van der Waals surface area (Å²) in [5.74, 6) is 1.74. The quantitative estimate of drug-likeness (QED) is 0.728. The van der Waals surface area contributed by atoms with Crippen LogP contribution >= 0.6 is 0 Å². The highest BCUT2D eigenvalue weighted by Crippen LogP contribution is 2.30. The van der Waals surface area contributed by atoms with Crippen LogP contribution in [0.1, 0.15) is 65.2 Å². The fourth-order valence-corrected chi connectivity index (χ4v) is 3.70. The first-order valence-corrected chi connectivity index (χ1v) is 8.12. The van der Waals surface area contributed by atoms with E-state index in [0.717, 1.165) is 24.5 Å². The molecule has 1 heterocycles. The molecule has 0 aromatic carbocycles. The summed E-state index contributed by atoms with van der Waals surface area (Å²) in [6.07, 6.45) is 11.4. The van der Waals surface area contributed by atoms with Gasteiger partial charge in [-0.15, -0.1) is 0 Å². The molecule has 3 unspecified atom stereocenters. The van der Waals surface area contributed by atoms with Crippen LogP contribution in [0.4, 0.5) is 0 Å². The zero-order valence-corrected chi connectivity index (χ0v) is 12.3. The molecule has 18 heavy (non-hydrogen) atoms. The smallest absolute Gasteiger partial charge is 0.0576 e. The highest BCUT2D eigenvalue weighted by atomic mass is 16.5. The summed E-state index contributed by atoms with van der Waals surface area (Å²) < 4.78 is 5.68. The van der Waals surface area contributed by atoms with Crippen molar-refractivity contribution < 1.29 is 4.74 Å². The second-order valence-corrected chi connectivity index (χ2v) is 6.53. The Hall–Kier alpha value is -0.0800. The monoisotopic (exact) mass is 253 g/mol. The van der Waals surface area contributed by atoms with Crippen LogP contribution in [-0.2, 0) is 4.74 Å². The lowest BCUT2D eigenvalue weighted by molar-refractivity contribution is 0.101. The van der Waals surface area contributed by atoms with E-state index in [1.165, 1.54) is 57.9 Å². The summed E-state index contributed by atoms with van der Waals surface area (Å²) >= 11 is 0. The topological polar surface area (TPSA) is 21.3 Å². The molecule has 2 aliphatic rings. The first-order valence-electron chi connectivity index (χ1n) is 8.12. The fraction of sp³-hybridized carbons (Fsp3) is 1.00. The van der Waals surface area contributed by atoms with Crippen molar-refractivity contribution in [3.05, 3.63) is 0 Å². The minimum atomic E-state index is 0.569. The highest BCUT2D eigenvalue weighted by molar-refractivity contribution is 4.82. The SMILES string of the molecule is CC(C)C1CCCCC1NCCCC1CCCO1. The van der Waals surface area contributed by atoms with Crippen LogP contribution < -0.4 is 5.32 Å². The third-order valence-corrected chi connectivity index (χ3v) is 4.81. The maximum absolute atomic E-state index is 5.68. The second kappa shape index (κ2) is 7.49. The Labute approximate surface area is 113 Å². The largest absolute Gasteiger partial charge is 0.378 e. The molecule has 0 spiro atoms. The van der Waals surface area contributed by atoms with Gasteiger partial charge in [0, 0.05) is 12.6 Å². The van der Waals surface area contributed by atoms with Gasteiger partial charge in [0.2, 0.25) is 0 Å². The van der Waals surface area contributed by atoms with E-state index in [1.54, 1.807) is 0 Å².